The zero-order valence-electron chi connectivity index (χ0n) is 18.8. The van der Waals surface area contributed by atoms with Crippen LogP contribution in [-0.2, 0) is 21.9 Å². The average molecular weight is 557 g/mol. The van der Waals surface area contributed by atoms with Gasteiger partial charge < -0.3 is 20.1 Å². The molecule has 1 heterocycles. The molecule has 0 bridgehead atoms. The van der Waals surface area contributed by atoms with Crippen molar-refractivity contribution in [2.75, 3.05) is 17.4 Å². The highest BCUT2D eigenvalue weighted by atomic mass is 35.5. The van der Waals surface area contributed by atoms with E-state index in [0.29, 0.717) is 17.9 Å². The molecule has 198 valence electrons. The molecule has 0 saturated heterocycles. The molecule has 38 heavy (non-hydrogen) atoms. The topological polar surface area (TPSA) is 76.7 Å². The first kappa shape index (κ1) is 26.9. The van der Waals surface area contributed by atoms with Crippen LogP contribution in [0.1, 0.15) is 16.7 Å². The van der Waals surface area contributed by atoms with E-state index in [9.17, 15) is 35.9 Å². The second-order valence-electron chi connectivity index (χ2n) is 7.85. The van der Waals surface area contributed by atoms with Crippen LogP contribution in [0.3, 0.4) is 0 Å². The number of carbonyl (C=O) groups excluding carboxylic acids is 2. The zero-order chi connectivity index (χ0) is 27.7. The minimum Gasteiger partial charge on any atom is -0.454 e. The van der Waals surface area contributed by atoms with Crippen LogP contribution >= 0.6 is 11.6 Å². The Balaban J connectivity index is 1.70. The van der Waals surface area contributed by atoms with Crippen LogP contribution in [0.5, 0.6) is 11.5 Å². The van der Waals surface area contributed by atoms with E-state index in [-0.39, 0.29) is 34.5 Å². The largest absolute Gasteiger partial charge is 0.454 e. The Bertz CT molecular complexity index is 1360. The van der Waals surface area contributed by atoms with Crippen molar-refractivity contribution in [3.8, 4) is 11.5 Å². The van der Waals surface area contributed by atoms with Gasteiger partial charge in [-0.25, -0.2) is 0 Å². The van der Waals surface area contributed by atoms with Gasteiger partial charge in [-0.2, -0.15) is 26.3 Å². The van der Waals surface area contributed by atoms with E-state index in [1.807, 2.05) is 0 Å². The number of ether oxygens (including phenoxy) is 2. The zero-order valence-corrected chi connectivity index (χ0v) is 19.6. The molecule has 3 aromatic carbocycles. The van der Waals surface area contributed by atoms with Crippen LogP contribution in [0, 0.1) is 0 Å². The normalized spacial score (nSPS) is 12.6. The molecule has 0 radical (unpaired) electrons. The molecule has 0 spiro atoms. The highest BCUT2D eigenvalue weighted by Crippen LogP contribution is 2.38. The number of alkyl halides is 6. The van der Waals surface area contributed by atoms with E-state index in [2.05, 4.69) is 10.6 Å². The van der Waals surface area contributed by atoms with Gasteiger partial charge in [-0.15, -0.1) is 0 Å². The lowest BCUT2D eigenvalue weighted by Crippen LogP contribution is -2.25. The van der Waals surface area contributed by atoms with Crippen LogP contribution in [0.4, 0.5) is 37.7 Å². The van der Waals surface area contributed by atoms with Crippen molar-refractivity contribution < 1.29 is 45.4 Å². The molecule has 1 aliphatic heterocycles. The first-order valence-electron chi connectivity index (χ1n) is 10.6. The Morgan fingerprint density at radius 3 is 1.71 bits per heavy atom. The minimum absolute atomic E-state index is 0.0329. The fourth-order valence-electron chi connectivity index (χ4n) is 3.38. The Hall–Kier alpha value is -4.19. The van der Waals surface area contributed by atoms with E-state index >= 15 is 0 Å². The van der Waals surface area contributed by atoms with Gasteiger partial charge in [0.2, 0.25) is 6.79 Å². The first-order chi connectivity index (χ1) is 17.8. The number of hydrogen-bond donors (Lipinski definition) is 2. The highest BCUT2D eigenvalue weighted by Gasteiger charge is 2.32. The van der Waals surface area contributed by atoms with E-state index in [1.54, 1.807) is 0 Å². The third kappa shape index (κ3) is 6.20. The van der Waals surface area contributed by atoms with Crippen molar-refractivity contribution in [3.63, 3.8) is 0 Å². The maximum atomic E-state index is 13.1. The summed E-state index contributed by atoms with van der Waals surface area (Å²) in [4.78, 5) is 26.2. The van der Waals surface area contributed by atoms with Crippen LogP contribution in [-0.4, -0.2) is 18.6 Å². The molecule has 0 unspecified atom stereocenters. The van der Waals surface area contributed by atoms with Crippen molar-refractivity contribution in [1.29, 1.82) is 0 Å². The molecule has 0 aromatic heterocycles. The summed E-state index contributed by atoms with van der Waals surface area (Å²) < 4.78 is 89.0. The number of amides is 2. The molecule has 2 amide bonds. The smallest absolute Gasteiger partial charge is 0.416 e. The molecule has 3 aromatic rings. The first-order valence-corrected chi connectivity index (χ1v) is 11.0. The van der Waals surface area contributed by atoms with Gasteiger partial charge in [0.25, 0.3) is 11.8 Å². The number of anilines is 2. The number of rotatable bonds is 5. The van der Waals surface area contributed by atoms with Crippen LogP contribution in [0.2, 0.25) is 5.02 Å². The predicted octanol–water partition coefficient (Wildman–Crippen LogP) is 6.77. The molecule has 0 aliphatic carbocycles. The maximum absolute atomic E-state index is 13.1. The predicted molar refractivity (Wildman–Crippen MR) is 126 cm³/mol. The SMILES string of the molecule is O=C(Nc1cccc(C(F)(F)F)c1)C(=Cc1cc2c(cc1Cl)OCO2)C(=O)Nc1cccc(C(F)(F)F)c1. The summed E-state index contributed by atoms with van der Waals surface area (Å²) in [5.74, 6) is -1.75. The lowest BCUT2D eigenvalue weighted by atomic mass is 10.1. The monoisotopic (exact) mass is 556 g/mol. The van der Waals surface area contributed by atoms with Crippen LogP contribution < -0.4 is 20.1 Å². The Labute approximate surface area is 215 Å². The van der Waals surface area contributed by atoms with Crippen LogP contribution in [0.25, 0.3) is 6.08 Å². The summed E-state index contributed by atoms with van der Waals surface area (Å²) in [5, 5.41) is 4.44. The molecular weight excluding hydrogens is 542 g/mol. The summed E-state index contributed by atoms with van der Waals surface area (Å²) in [6, 6.07) is 10.1. The molecule has 2 N–H and O–H groups in total. The fraction of sp³-hybridized carbons (Fsp3) is 0.120. The summed E-state index contributed by atoms with van der Waals surface area (Å²) >= 11 is 6.23. The van der Waals surface area contributed by atoms with Crippen molar-refractivity contribution in [2.24, 2.45) is 0 Å². The van der Waals surface area contributed by atoms with Crippen molar-refractivity contribution in [3.05, 3.63) is 87.9 Å². The van der Waals surface area contributed by atoms with Crippen LogP contribution in [0.15, 0.2) is 66.2 Å². The lowest BCUT2D eigenvalue weighted by molar-refractivity contribution is -0.138. The molecule has 1 aliphatic rings. The van der Waals surface area contributed by atoms with E-state index in [1.165, 1.54) is 24.3 Å². The summed E-state index contributed by atoms with van der Waals surface area (Å²) in [5.41, 5.74) is -3.22. The number of benzene rings is 3. The molecule has 0 fully saturated rings. The summed E-state index contributed by atoms with van der Waals surface area (Å²) in [6.07, 6.45) is -8.36. The lowest BCUT2D eigenvalue weighted by Gasteiger charge is -2.13. The van der Waals surface area contributed by atoms with Crippen molar-refractivity contribution >= 4 is 40.9 Å². The Kier molecular flexibility index (Phi) is 7.27. The van der Waals surface area contributed by atoms with Gasteiger partial charge in [-0.1, -0.05) is 23.7 Å². The van der Waals surface area contributed by atoms with Gasteiger partial charge in [-0.05, 0) is 54.1 Å². The third-order valence-electron chi connectivity index (χ3n) is 5.18. The Morgan fingerprint density at radius 1 is 0.763 bits per heavy atom. The fourth-order valence-corrected chi connectivity index (χ4v) is 3.58. The highest BCUT2D eigenvalue weighted by molar-refractivity contribution is 6.34. The van der Waals surface area contributed by atoms with E-state index < -0.39 is 40.9 Å². The number of carbonyl (C=O) groups is 2. The van der Waals surface area contributed by atoms with Crippen molar-refractivity contribution in [2.45, 2.75) is 12.4 Å². The van der Waals surface area contributed by atoms with E-state index in [4.69, 9.17) is 21.1 Å². The average Bonchev–Trinajstić information content (AvgIpc) is 3.28. The molecule has 13 heteroatoms. The Morgan fingerprint density at radius 2 is 1.24 bits per heavy atom. The molecule has 6 nitrogen and oxygen atoms in total. The number of nitrogens with one attached hydrogen (secondary N) is 2. The number of fused-ring (bicyclic) bond motifs is 1. The number of hydrogen-bond acceptors (Lipinski definition) is 4. The second kappa shape index (κ2) is 10.3. The van der Waals surface area contributed by atoms with E-state index in [0.717, 1.165) is 30.3 Å². The molecule has 0 saturated carbocycles. The van der Waals surface area contributed by atoms with Gasteiger partial charge in [0.05, 0.1) is 16.1 Å². The maximum Gasteiger partial charge on any atom is 0.416 e. The molecular formula is C25H15ClF6N2O4. The van der Waals surface area contributed by atoms with Gasteiger partial charge in [0.1, 0.15) is 5.57 Å². The van der Waals surface area contributed by atoms with Gasteiger partial charge in [0, 0.05) is 17.4 Å². The van der Waals surface area contributed by atoms with Gasteiger partial charge in [0.15, 0.2) is 11.5 Å². The van der Waals surface area contributed by atoms with Crippen molar-refractivity contribution in [1.82, 2.24) is 0 Å². The number of halogens is 7. The molecule has 0 atom stereocenters. The van der Waals surface area contributed by atoms with Gasteiger partial charge in [-0.3, -0.25) is 9.59 Å². The third-order valence-corrected chi connectivity index (χ3v) is 5.50. The quantitative estimate of drug-likeness (QED) is 0.157. The molecule has 4 rings (SSSR count). The van der Waals surface area contributed by atoms with Gasteiger partial charge >= 0.3 is 12.4 Å². The minimum atomic E-state index is -4.69. The summed E-state index contributed by atoms with van der Waals surface area (Å²) in [7, 11) is 0. The second-order valence-corrected chi connectivity index (χ2v) is 8.26. The standard InChI is InChI=1S/C25H15ClF6N2O4/c26-19-11-21-20(37-12-38-21)8-13(19)7-18(22(35)33-16-5-1-3-14(9-16)24(27,28)29)23(36)34-17-6-2-4-15(10-17)25(30,31)32/h1-11H,12H2,(H,33,35)(H,34,36). The summed E-state index contributed by atoms with van der Waals surface area (Å²) in [6.45, 7) is -0.0995.